The zero-order chi connectivity index (χ0) is 15.5. The standard InChI is InChI=1S/C15H18BrNO3S/c16-14-6-8-15(21(17,19)20,13(10-14)7-9-18)11-12-4-2-1-3-5-12/h1-6,8,10,13,18H,7,9,11H2,(H2,17,19,20). The molecule has 2 unspecified atom stereocenters. The van der Waals surface area contributed by atoms with Crippen LogP contribution in [0.15, 0.2) is 53.0 Å². The second-order valence-corrected chi connectivity index (χ2v) is 7.93. The number of rotatable bonds is 5. The van der Waals surface area contributed by atoms with Crippen molar-refractivity contribution >= 4 is 26.0 Å². The highest BCUT2D eigenvalue weighted by Gasteiger charge is 2.46. The van der Waals surface area contributed by atoms with Crippen molar-refractivity contribution in [3.8, 4) is 0 Å². The highest BCUT2D eigenvalue weighted by Crippen LogP contribution is 2.39. The molecule has 0 aliphatic heterocycles. The Hall–Kier alpha value is -0.950. The molecule has 0 fully saturated rings. The van der Waals surface area contributed by atoms with E-state index in [1.54, 1.807) is 12.2 Å². The first-order chi connectivity index (χ1) is 9.89. The topological polar surface area (TPSA) is 80.4 Å². The van der Waals surface area contributed by atoms with Gasteiger partial charge in [0.15, 0.2) is 0 Å². The minimum atomic E-state index is -3.84. The van der Waals surface area contributed by atoms with E-state index in [9.17, 15) is 13.5 Å². The number of hydrogen-bond acceptors (Lipinski definition) is 3. The summed E-state index contributed by atoms with van der Waals surface area (Å²) >= 11 is 3.36. The van der Waals surface area contributed by atoms with Crippen molar-refractivity contribution in [2.45, 2.75) is 17.6 Å². The van der Waals surface area contributed by atoms with Gasteiger partial charge in [0, 0.05) is 17.0 Å². The molecule has 1 aliphatic rings. The molecule has 0 spiro atoms. The van der Waals surface area contributed by atoms with Crippen molar-refractivity contribution in [2.75, 3.05) is 6.61 Å². The first-order valence-corrected chi connectivity index (χ1v) is 8.97. The van der Waals surface area contributed by atoms with Gasteiger partial charge in [-0.2, -0.15) is 0 Å². The van der Waals surface area contributed by atoms with Crippen LogP contribution in [0.5, 0.6) is 0 Å². The van der Waals surface area contributed by atoms with E-state index in [0.29, 0.717) is 6.42 Å². The maximum Gasteiger partial charge on any atom is 0.219 e. The van der Waals surface area contributed by atoms with E-state index in [-0.39, 0.29) is 18.9 Å². The molecule has 4 nitrogen and oxygen atoms in total. The number of hydrogen-bond donors (Lipinski definition) is 2. The molecule has 114 valence electrons. The maximum absolute atomic E-state index is 12.3. The van der Waals surface area contributed by atoms with E-state index in [4.69, 9.17) is 5.14 Å². The van der Waals surface area contributed by atoms with Crippen LogP contribution in [0.2, 0.25) is 0 Å². The molecule has 0 amide bonds. The smallest absolute Gasteiger partial charge is 0.219 e. The summed E-state index contributed by atoms with van der Waals surface area (Å²) < 4.78 is 24.2. The van der Waals surface area contributed by atoms with Crippen LogP contribution in [0.3, 0.4) is 0 Å². The molecule has 1 aliphatic carbocycles. The van der Waals surface area contributed by atoms with Gasteiger partial charge < -0.3 is 5.11 Å². The van der Waals surface area contributed by atoms with E-state index >= 15 is 0 Å². The van der Waals surface area contributed by atoms with Gasteiger partial charge in [0.05, 0.1) is 0 Å². The van der Waals surface area contributed by atoms with Crippen molar-refractivity contribution in [3.63, 3.8) is 0 Å². The predicted molar refractivity (Wildman–Crippen MR) is 87.3 cm³/mol. The molecule has 0 radical (unpaired) electrons. The van der Waals surface area contributed by atoms with Crippen molar-refractivity contribution < 1.29 is 13.5 Å². The second-order valence-electron chi connectivity index (χ2n) is 5.17. The number of sulfonamides is 1. The van der Waals surface area contributed by atoms with Gasteiger partial charge in [0.1, 0.15) is 4.75 Å². The summed E-state index contributed by atoms with van der Waals surface area (Å²) in [6.07, 6.45) is 5.78. The van der Waals surface area contributed by atoms with Gasteiger partial charge >= 0.3 is 0 Å². The number of aliphatic hydroxyl groups is 1. The summed E-state index contributed by atoms with van der Waals surface area (Å²) in [4.78, 5) is 0. The molecule has 2 rings (SSSR count). The Bertz CT molecular complexity index is 655. The molecule has 0 bridgehead atoms. The lowest BCUT2D eigenvalue weighted by Gasteiger charge is -2.37. The summed E-state index contributed by atoms with van der Waals surface area (Å²) in [6, 6.07) is 9.37. The number of benzene rings is 1. The zero-order valence-corrected chi connectivity index (χ0v) is 13.8. The van der Waals surface area contributed by atoms with Gasteiger partial charge in [-0.3, -0.25) is 0 Å². The second kappa shape index (κ2) is 6.44. The Morgan fingerprint density at radius 3 is 2.52 bits per heavy atom. The van der Waals surface area contributed by atoms with E-state index in [1.807, 2.05) is 36.4 Å². The third-order valence-corrected chi connectivity index (χ3v) is 5.98. The molecular formula is C15H18BrNO3S. The van der Waals surface area contributed by atoms with Crippen molar-refractivity contribution in [1.29, 1.82) is 0 Å². The quantitative estimate of drug-likeness (QED) is 0.831. The summed E-state index contributed by atoms with van der Waals surface area (Å²) in [6.45, 7) is -0.0959. The van der Waals surface area contributed by atoms with Crippen LogP contribution in [-0.4, -0.2) is 24.9 Å². The fourth-order valence-electron chi connectivity index (χ4n) is 2.71. The van der Waals surface area contributed by atoms with Crippen LogP contribution in [-0.2, 0) is 16.4 Å². The number of allylic oxidation sites excluding steroid dienone is 3. The maximum atomic E-state index is 12.3. The third kappa shape index (κ3) is 3.45. The van der Waals surface area contributed by atoms with E-state index in [2.05, 4.69) is 15.9 Å². The molecule has 21 heavy (non-hydrogen) atoms. The Morgan fingerprint density at radius 2 is 1.95 bits per heavy atom. The van der Waals surface area contributed by atoms with Crippen molar-refractivity contribution in [1.82, 2.24) is 0 Å². The van der Waals surface area contributed by atoms with E-state index in [0.717, 1.165) is 10.0 Å². The zero-order valence-electron chi connectivity index (χ0n) is 11.4. The Labute approximate surface area is 133 Å². The lowest BCUT2D eigenvalue weighted by Crippen LogP contribution is -2.50. The SMILES string of the molecule is NS(=O)(=O)C1(Cc2ccccc2)C=CC(Br)=CC1CCO. The van der Waals surface area contributed by atoms with Gasteiger partial charge in [-0.25, -0.2) is 13.6 Å². The van der Waals surface area contributed by atoms with Crippen LogP contribution < -0.4 is 5.14 Å². The van der Waals surface area contributed by atoms with Crippen LogP contribution in [0.4, 0.5) is 0 Å². The molecule has 0 aromatic heterocycles. The fourth-order valence-corrected chi connectivity index (χ4v) is 4.40. The summed E-state index contributed by atoms with van der Waals surface area (Å²) in [5.74, 6) is -0.378. The Morgan fingerprint density at radius 1 is 1.29 bits per heavy atom. The highest BCUT2D eigenvalue weighted by atomic mass is 79.9. The first kappa shape index (κ1) is 16.4. The Kier molecular flexibility index (Phi) is 5.03. The van der Waals surface area contributed by atoms with Crippen LogP contribution in [0.25, 0.3) is 0 Å². The first-order valence-electron chi connectivity index (χ1n) is 6.63. The normalized spacial score (nSPS) is 25.7. The number of primary sulfonamides is 1. The minimum Gasteiger partial charge on any atom is -0.396 e. The lowest BCUT2D eigenvalue weighted by molar-refractivity contribution is 0.257. The van der Waals surface area contributed by atoms with Gasteiger partial charge in [0.25, 0.3) is 0 Å². The average Bonchev–Trinajstić information content (AvgIpc) is 2.42. The molecule has 2 atom stereocenters. The van der Waals surface area contributed by atoms with Gasteiger partial charge in [-0.05, 0) is 18.4 Å². The third-order valence-electron chi connectivity index (χ3n) is 3.81. The average molecular weight is 372 g/mol. The molecular weight excluding hydrogens is 354 g/mol. The number of halogens is 1. The van der Waals surface area contributed by atoms with E-state index < -0.39 is 14.8 Å². The molecule has 0 saturated heterocycles. The molecule has 1 aromatic rings. The van der Waals surface area contributed by atoms with Crippen LogP contribution in [0.1, 0.15) is 12.0 Å². The fraction of sp³-hybridized carbons (Fsp3) is 0.333. The Balaban J connectivity index is 2.49. The monoisotopic (exact) mass is 371 g/mol. The van der Waals surface area contributed by atoms with Gasteiger partial charge in [0.2, 0.25) is 10.0 Å². The minimum absolute atomic E-state index is 0.0959. The van der Waals surface area contributed by atoms with Crippen molar-refractivity contribution in [3.05, 3.63) is 58.6 Å². The largest absolute Gasteiger partial charge is 0.396 e. The molecule has 0 heterocycles. The van der Waals surface area contributed by atoms with Crippen molar-refractivity contribution in [2.24, 2.45) is 11.1 Å². The summed E-state index contributed by atoms with van der Waals surface area (Å²) in [5, 5.41) is 14.8. The molecule has 3 N–H and O–H groups in total. The van der Waals surface area contributed by atoms with Crippen LogP contribution >= 0.6 is 15.9 Å². The van der Waals surface area contributed by atoms with E-state index in [1.165, 1.54) is 0 Å². The van der Waals surface area contributed by atoms with Gasteiger partial charge in [-0.15, -0.1) is 0 Å². The molecule has 1 aromatic carbocycles. The highest BCUT2D eigenvalue weighted by molar-refractivity contribution is 9.11. The number of aliphatic hydroxyl groups excluding tert-OH is 1. The molecule has 6 heteroatoms. The predicted octanol–water partition coefficient (Wildman–Crippen LogP) is 2.10. The lowest BCUT2D eigenvalue weighted by atomic mass is 9.81. The van der Waals surface area contributed by atoms with Gasteiger partial charge in [-0.1, -0.05) is 64.5 Å². The summed E-state index contributed by atoms with van der Waals surface area (Å²) in [5.41, 5.74) is 0.894. The molecule has 0 saturated carbocycles. The summed E-state index contributed by atoms with van der Waals surface area (Å²) in [7, 11) is -3.84. The van der Waals surface area contributed by atoms with Crippen LogP contribution in [0, 0.1) is 5.92 Å². The number of nitrogens with two attached hydrogens (primary N) is 1.